The number of carbonyl (C=O) groups is 1. The van der Waals surface area contributed by atoms with Gasteiger partial charge >= 0.3 is 0 Å². The van der Waals surface area contributed by atoms with Crippen LogP contribution >= 0.6 is 0 Å². The van der Waals surface area contributed by atoms with E-state index in [0.29, 0.717) is 5.56 Å². The molecule has 20 heavy (non-hydrogen) atoms. The van der Waals surface area contributed by atoms with Crippen molar-refractivity contribution in [1.82, 2.24) is 20.0 Å². The Hall–Kier alpha value is -2.63. The molecule has 6 heteroatoms. The lowest BCUT2D eigenvalue weighted by Gasteiger charge is -2.05. The van der Waals surface area contributed by atoms with Crippen molar-refractivity contribution in [2.45, 2.75) is 13.8 Å². The maximum Gasteiger partial charge on any atom is 0.259 e. The van der Waals surface area contributed by atoms with Crippen LogP contribution in [0.5, 0.6) is 0 Å². The number of nitrogens with zero attached hydrogens (tertiary/aromatic N) is 3. The molecule has 102 valence electrons. The Bertz CT molecular complexity index is 799. The van der Waals surface area contributed by atoms with Crippen molar-refractivity contribution in [3.05, 3.63) is 41.3 Å². The van der Waals surface area contributed by atoms with E-state index in [1.165, 1.54) is 0 Å². The molecule has 0 saturated heterocycles. The summed E-state index contributed by atoms with van der Waals surface area (Å²) in [7, 11) is 1.83. The first kappa shape index (κ1) is 12.4. The van der Waals surface area contributed by atoms with Crippen LogP contribution in [0.15, 0.2) is 24.4 Å². The maximum atomic E-state index is 12.4. The lowest BCUT2D eigenvalue weighted by atomic mass is 10.1. The molecule has 3 rings (SSSR count). The Labute approximate surface area is 115 Å². The van der Waals surface area contributed by atoms with Gasteiger partial charge in [-0.25, -0.2) is 0 Å². The van der Waals surface area contributed by atoms with Gasteiger partial charge in [-0.2, -0.15) is 10.2 Å². The van der Waals surface area contributed by atoms with Gasteiger partial charge in [-0.3, -0.25) is 14.6 Å². The van der Waals surface area contributed by atoms with Crippen molar-refractivity contribution < 1.29 is 4.79 Å². The van der Waals surface area contributed by atoms with Gasteiger partial charge in [-0.1, -0.05) is 0 Å². The van der Waals surface area contributed by atoms with Gasteiger partial charge in [0.05, 0.1) is 23.0 Å². The lowest BCUT2D eigenvalue weighted by Crippen LogP contribution is -2.14. The summed E-state index contributed by atoms with van der Waals surface area (Å²) in [6.45, 7) is 3.72. The second-order valence-electron chi connectivity index (χ2n) is 4.80. The predicted octanol–water partition coefficient (Wildman–Crippen LogP) is 2.17. The fourth-order valence-corrected chi connectivity index (χ4v) is 2.31. The van der Waals surface area contributed by atoms with Crippen molar-refractivity contribution in [2.75, 3.05) is 5.32 Å². The average Bonchev–Trinajstić information content (AvgIpc) is 2.94. The lowest BCUT2D eigenvalue weighted by molar-refractivity contribution is 0.102. The Morgan fingerprint density at radius 3 is 2.85 bits per heavy atom. The first-order valence-electron chi connectivity index (χ1n) is 6.31. The van der Waals surface area contributed by atoms with Crippen molar-refractivity contribution in [3.8, 4) is 0 Å². The highest BCUT2D eigenvalue weighted by Gasteiger charge is 2.17. The Kier molecular flexibility index (Phi) is 2.78. The van der Waals surface area contributed by atoms with Gasteiger partial charge in [-0.05, 0) is 32.0 Å². The molecule has 2 heterocycles. The number of aromatic amines is 1. The van der Waals surface area contributed by atoms with Crippen LogP contribution in [0.3, 0.4) is 0 Å². The molecule has 0 aliphatic carbocycles. The number of amides is 1. The van der Waals surface area contributed by atoms with Crippen molar-refractivity contribution in [1.29, 1.82) is 0 Å². The van der Waals surface area contributed by atoms with E-state index in [9.17, 15) is 4.79 Å². The molecule has 0 atom stereocenters. The van der Waals surface area contributed by atoms with Crippen LogP contribution in [0.2, 0.25) is 0 Å². The van der Waals surface area contributed by atoms with Crippen LogP contribution in [0.25, 0.3) is 10.9 Å². The fraction of sp³-hybridized carbons (Fsp3) is 0.214. The first-order chi connectivity index (χ1) is 9.56. The van der Waals surface area contributed by atoms with Crippen LogP contribution in [0.4, 0.5) is 5.69 Å². The molecule has 0 spiro atoms. The third kappa shape index (κ3) is 1.95. The molecule has 0 fully saturated rings. The highest BCUT2D eigenvalue weighted by Crippen LogP contribution is 2.19. The summed E-state index contributed by atoms with van der Waals surface area (Å²) in [5.74, 6) is -0.146. The van der Waals surface area contributed by atoms with E-state index in [-0.39, 0.29) is 5.91 Å². The molecule has 0 radical (unpaired) electrons. The third-order valence-corrected chi connectivity index (χ3v) is 3.44. The highest BCUT2D eigenvalue weighted by molar-refractivity contribution is 6.06. The Balaban J connectivity index is 1.91. The van der Waals surface area contributed by atoms with E-state index < -0.39 is 0 Å². The Morgan fingerprint density at radius 1 is 1.35 bits per heavy atom. The van der Waals surface area contributed by atoms with Crippen molar-refractivity contribution in [2.24, 2.45) is 7.05 Å². The second kappa shape index (κ2) is 4.48. The van der Waals surface area contributed by atoms with E-state index in [2.05, 4.69) is 20.6 Å². The second-order valence-corrected chi connectivity index (χ2v) is 4.80. The highest BCUT2D eigenvalue weighted by atomic mass is 16.1. The van der Waals surface area contributed by atoms with Gasteiger partial charge in [0.25, 0.3) is 5.91 Å². The predicted molar refractivity (Wildman–Crippen MR) is 76.7 cm³/mol. The van der Waals surface area contributed by atoms with Crippen LogP contribution < -0.4 is 5.32 Å². The number of H-pyrrole nitrogens is 1. The maximum absolute atomic E-state index is 12.4. The van der Waals surface area contributed by atoms with Crippen LogP contribution in [0, 0.1) is 13.8 Å². The molecule has 1 aromatic carbocycles. The minimum absolute atomic E-state index is 0.146. The number of aryl methyl sites for hydroxylation is 2. The summed E-state index contributed by atoms with van der Waals surface area (Å²) in [5.41, 5.74) is 3.82. The number of benzene rings is 1. The molecule has 6 nitrogen and oxygen atoms in total. The first-order valence-corrected chi connectivity index (χ1v) is 6.31. The summed E-state index contributed by atoms with van der Waals surface area (Å²) in [6.07, 6.45) is 1.75. The standard InChI is InChI=1S/C14H15N5O/c1-8-13(9(2)19(3)18-8)14(20)16-11-5-4-10-7-15-17-12(10)6-11/h4-7H,1-3H3,(H,15,17)(H,16,20). The van der Waals surface area contributed by atoms with E-state index in [0.717, 1.165) is 28.0 Å². The van der Waals surface area contributed by atoms with Gasteiger partial charge in [0, 0.05) is 23.8 Å². The van der Waals surface area contributed by atoms with E-state index in [4.69, 9.17) is 0 Å². The normalized spacial score (nSPS) is 10.9. The summed E-state index contributed by atoms with van der Waals surface area (Å²) >= 11 is 0. The van der Waals surface area contributed by atoms with Crippen LogP contribution in [-0.2, 0) is 7.05 Å². The zero-order chi connectivity index (χ0) is 14.3. The molecule has 2 aromatic heterocycles. The molecule has 0 bridgehead atoms. The number of aromatic nitrogens is 4. The minimum atomic E-state index is -0.146. The van der Waals surface area contributed by atoms with Gasteiger partial charge in [0.2, 0.25) is 0 Å². The minimum Gasteiger partial charge on any atom is -0.322 e. The molecule has 0 aliphatic rings. The summed E-state index contributed by atoms with van der Waals surface area (Å²) in [5, 5.41) is 15.0. The summed E-state index contributed by atoms with van der Waals surface area (Å²) in [6, 6.07) is 5.63. The monoisotopic (exact) mass is 269 g/mol. The fourth-order valence-electron chi connectivity index (χ4n) is 2.31. The molecule has 2 N–H and O–H groups in total. The van der Waals surface area contributed by atoms with Gasteiger partial charge in [0.1, 0.15) is 0 Å². The third-order valence-electron chi connectivity index (χ3n) is 3.44. The summed E-state index contributed by atoms with van der Waals surface area (Å²) < 4.78 is 1.71. The Morgan fingerprint density at radius 2 is 2.15 bits per heavy atom. The number of nitrogens with one attached hydrogen (secondary N) is 2. The molecular formula is C14H15N5O. The molecule has 3 aromatic rings. The van der Waals surface area contributed by atoms with Crippen molar-refractivity contribution in [3.63, 3.8) is 0 Å². The molecule has 1 amide bonds. The topological polar surface area (TPSA) is 75.6 Å². The zero-order valence-corrected chi connectivity index (χ0v) is 11.6. The van der Waals surface area contributed by atoms with E-state index >= 15 is 0 Å². The van der Waals surface area contributed by atoms with Crippen LogP contribution in [0.1, 0.15) is 21.7 Å². The molecule has 0 aliphatic heterocycles. The smallest absolute Gasteiger partial charge is 0.259 e. The summed E-state index contributed by atoms with van der Waals surface area (Å²) in [4.78, 5) is 12.4. The molecular weight excluding hydrogens is 254 g/mol. The number of hydrogen-bond donors (Lipinski definition) is 2. The number of fused-ring (bicyclic) bond motifs is 1. The van der Waals surface area contributed by atoms with E-state index in [1.807, 2.05) is 39.1 Å². The van der Waals surface area contributed by atoms with Gasteiger partial charge in [0.15, 0.2) is 0 Å². The largest absolute Gasteiger partial charge is 0.322 e. The van der Waals surface area contributed by atoms with Crippen LogP contribution in [-0.4, -0.2) is 25.9 Å². The van der Waals surface area contributed by atoms with E-state index in [1.54, 1.807) is 10.9 Å². The zero-order valence-electron chi connectivity index (χ0n) is 11.6. The van der Waals surface area contributed by atoms with Gasteiger partial charge < -0.3 is 5.32 Å². The number of anilines is 1. The number of carbonyl (C=O) groups excluding carboxylic acids is 1. The molecule has 0 saturated carbocycles. The average molecular weight is 269 g/mol. The van der Waals surface area contributed by atoms with Gasteiger partial charge in [-0.15, -0.1) is 0 Å². The quantitative estimate of drug-likeness (QED) is 0.748. The SMILES string of the molecule is Cc1nn(C)c(C)c1C(=O)Nc1ccc2cn[nH]c2c1. The number of rotatable bonds is 2. The van der Waals surface area contributed by atoms with Crippen molar-refractivity contribution >= 4 is 22.5 Å². The molecule has 0 unspecified atom stereocenters. The number of hydrogen-bond acceptors (Lipinski definition) is 3.